The molecule has 0 unspecified atom stereocenters. The van der Waals surface area contributed by atoms with Gasteiger partial charge in [-0.2, -0.15) is 5.10 Å². The Balaban J connectivity index is 2.55. The summed E-state index contributed by atoms with van der Waals surface area (Å²) in [4.78, 5) is 23.7. The first-order valence-corrected chi connectivity index (χ1v) is 4.58. The maximum atomic E-state index is 11.9. The maximum Gasteiger partial charge on any atom is 0.180 e. The minimum atomic E-state index is -0.813. The quantitative estimate of drug-likeness (QED) is 0.320. The molecule has 0 atom stereocenters. The van der Waals surface area contributed by atoms with Crippen LogP contribution in [0.15, 0.2) is 29.4 Å². The van der Waals surface area contributed by atoms with Crippen molar-refractivity contribution in [2.24, 2.45) is 16.9 Å². The Morgan fingerprint density at radius 1 is 1.20 bits per heavy atom. The van der Waals surface area contributed by atoms with Gasteiger partial charge in [0.15, 0.2) is 11.6 Å². The molecule has 0 radical (unpaired) electrons. The highest BCUT2D eigenvalue weighted by Gasteiger charge is 2.39. The number of nitrogens with two attached hydrogens (primary N) is 1. The number of rotatable bonds is 1. The van der Waals surface area contributed by atoms with Crippen LogP contribution in [-0.2, 0) is 0 Å². The summed E-state index contributed by atoms with van der Waals surface area (Å²) in [5.41, 5.74) is 1.30. The Morgan fingerprint density at radius 2 is 1.67 bits per heavy atom. The van der Waals surface area contributed by atoms with Crippen molar-refractivity contribution in [3.8, 4) is 0 Å². The zero-order valence-corrected chi connectivity index (χ0v) is 8.23. The van der Waals surface area contributed by atoms with E-state index in [-0.39, 0.29) is 11.6 Å². The first-order valence-electron chi connectivity index (χ1n) is 4.58. The number of fused-ring (bicyclic) bond motifs is 1. The molecule has 0 amide bonds. The molecule has 15 heavy (non-hydrogen) atoms. The molecule has 1 aliphatic rings. The van der Waals surface area contributed by atoms with E-state index in [2.05, 4.69) is 5.10 Å². The van der Waals surface area contributed by atoms with E-state index in [0.717, 1.165) is 0 Å². The van der Waals surface area contributed by atoms with Crippen LogP contribution in [0, 0.1) is 5.92 Å². The summed E-state index contributed by atoms with van der Waals surface area (Å²) in [7, 11) is 0. The van der Waals surface area contributed by atoms with Gasteiger partial charge in [0.1, 0.15) is 5.92 Å². The van der Waals surface area contributed by atoms with Gasteiger partial charge in [0.2, 0.25) is 0 Å². The van der Waals surface area contributed by atoms with E-state index in [9.17, 15) is 9.59 Å². The average Bonchev–Trinajstić information content (AvgIpc) is 2.52. The summed E-state index contributed by atoms with van der Waals surface area (Å²) in [5.74, 6) is 3.87. The summed E-state index contributed by atoms with van der Waals surface area (Å²) in [5, 5.41) is 3.43. The number of hydrazone groups is 1. The number of ketones is 2. The van der Waals surface area contributed by atoms with Gasteiger partial charge in [-0.15, -0.1) is 0 Å². The van der Waals surface area contributed by atoms with Crippen molar-refractivity contribution in [2.45, 2.75) is 6.92 Å². The SMILES string of the molecule is CC(=NN)C1C(=O)c2ccccc2C1=O. The number of hydrogen-bond donors (Lipinski definition) is 1. The number of carbonyl (C=O) groups excluding carboxylic acids is 2. The van der Waals surface area contributed by atoms with Gasteiger partial charge >= 0.3 is 0 Å². The predicted octanol–water partition coefficient (Wildman–Crippen LogP) is 1.02. The summed E-state index contributed by atoms with van der Waals surface area (Å²) in [6.07, 6.45) is 0. The molecule has 1 aliphatic carbocycles. The minimum absolute atomic E-state index is 0.206. The second kappa shape index (κ2) is 3.31. The summed E-state index contributed by atoms with van der Waals surface area (Å²) in [6.45, 7) is 1.59. The highest BCUT2D eigenvalue weighted by atomic mass is 16.2. The normalized spacial score (nSPS) is 17.0. The Morgan fingerprint density at radius 3 is 2.07 bits per heavy atom. The predicted molar refractivity (Wildman–Crippen MR) is 55.9 cm³/mol. The van der Waals surface area contributed by atoms with Gasteiger partial charge in [-0.1, -0.05) is 24.3 Å². The number of hydrogen-bond acceptors (Lipinski definition) is 4. The fraction of sp³-hybridized carbons (Fsp3) is 0.182. The lowest BCUT2D eigenvalue weighted by Gasteiger charge is -2.03. The molecular weight excluding hydrogens is 192 g/mol. The van der Waals surface area contributed by atoms with E-state index >= 15 is 0 Å². The Kier molecular flexibility index (Phi) is 2.11. The van der Waals surface area contributed by atoms with E-state index in [0.29, 0.717) is 16.8 Å². The molecule has 2 N–H and O–H groups in total. The third-order valence-corrected chi connectivity index (χ3v) is 2.60. The van der Waals surface area contributed by atoms with Crippen molar-refractivity contribution in [1.82, 2.24) is 0 Å². The average molecular weight is 202 g/mol. The highest BCUT2D eigenvalue weighted by Crippen LogP contribution is 2.27. The van der Waals surface area contributed by atoms with E-state index in [4.69, 9.17) is 5.84 Å². The lowest BCUT2D eigenvalue weighted by molar-refractivity contribution is 0.0883. The van der Waals surface area contributed by atoms with Gasteiger partial charge in [-0.05, 0) is 6.92 Å². The molecule has 2 rings (SSSR count). The monoisotopic (exact) mass is 202 g/mol. The fourth-order valence-electron chi connectivity index (χ4n) is 1.80. The van der Waals surface area contributed by atoms with Crippen LogP contribution in [0.2, 0.25) is 0 Å². The maximum absolute atomic E-state index is 11.9. The molecule has 4 nitrogen and oxygen atoms in total. The molecule has 0 fully saturated rings. The first-order chi connectivity index (χ1) is 7.16. The fourth-order valence-corrected chi connectivity index (χ4v) is 1.80. The Labute approximate surface area is 86.8 Å². The molecule has 1 aromatic rings. The molecule has 0 spiro atoms. The van der Waals surface area contributed by atoms with Crippen molar-refractivity contribution in [1.29, 1.82) is 0 Å². The molecule has 1 aromatic carbocycles. The highest BCUT2D eigenvalue weighted by molar-refractivity contribution is 6.36. The van der Waals surface area contributed by atoms with Gasteiger partial charge < -0.3 is 5.84 Å². The van der Waals surface area contributed by atoms with Crippen molar-refractivity contribution in [3.63, 3.8) is 0 Å². The third-order valence-electron chi connectivity index (χ3n) is 2.60. The number of carbonyl (C=O) groups is 2. The Hall–Kier alpha value is -1.97. The van der Waals surface area contributed by atoms with E-state index < -0.39 is 5.92 Å². The molecule has 0 bridgehead atoms. The van der Waals surface area contributed by atoms with Gasteiger partial charge in [-0.25, -0.2) is 0 Å². The van der Waals surface area contributed by atoms with Gasteiger partial charge in [0, 0.05) is 11.1 Å². The largest absolute Gasteiger partial charge is 0.323 e. The van der Waals surface area contributed by atoms with Crippen LogP contribution in [0.3, 0.4) is 0 Å². The molecule has 0 saturated heterocycles. The zero-order valence-electron chi connectivity index (χ0n) is 8.23. The van der Waals surface area contributed by atoms with Gasteiger partial charge in [0.25, 0.3) is 0 Å². The van der Waals surface area contributed by atoms with Gasteiger partial charge in [0.05, 0.1) is 5.71 Å². The topological polar surface area (TPSA) is 72.5 Å². The molecule has 0 aromatic heterocycles. The van der Waals surface area contributed by atoms with E-state index in [1.807, 2.05) is 0 Å². The van der Waals surface area contributed by atoms with Crippen molar-refractivity contribution >= 4 is 17.3 Å². The molecule has 0 saturated carbocycles. The molecule has 0 heterocycles. The second-order valence-corrected chi connectivity index (χ2v) is 3.48. The lowest BCUT2D eigenvalue weighted by atomic mass is 9.99. The Bertz CT molecular complexity index is 442. The van der Waals surface area contributed by atoms with Crippen molar-refractivity contribution < 1.29 is 9.59 Å². The summed E-state index contributed by atoms with van der Waals surface area (Å²) < 4.78 is 0. The number of nitrogens with zero attached hydrogens (tertiary/aromatic N) is 1. The first kappa shape index (κ1) is 9.58. The summed E-state index contributed by atoms with van der Waals surface area (Å²) >= 11 is 0. The van der Waals surface area contributed by atoms with Crippen LogP contribution in [-0.4, -0.2) is 17.3 Å². The smallest absolute Gasteiger partial charge is 0.180 e. The van der Waals surface area contributed by atoms with Crippen LogP contribution in [0.4, 0.5) is 0 Å². The second-order valence-electron chi connectivity index (χ2n) is 3.48. The standard InChI is InChI=1S/C11H10N2O2/c1-6(13-12)9-10(14)7-4-2-3-5-8(7)11(9)15/h2-5,9H,12H2,1H3. The lowest BCUT2D eigenvalue weighted by Crippen LogP contribution is -2.24. The van der Waals surface area contributed by atoms with Crippen molar-refractivity contribution in [2.75, 3.05) is 0 Å². The number of benzene rings is 1. The van der Waals surface area contributed by atoms with Crippen LogP contribution >= 0.6 is 0 Å². The molecule has 76 valence electrons. The molecule has 4 heteroatoms. The molecular formula is C11H10N2O2. The minimum Gasteiger partial charge on any atom is -0.323 e. The van der Waals surface area contributed by atoms with Crippen LogP contribution in [0.1, 0.15) is 27.6 Å². The van der Waals surface area contributed by atoms with E-state index in [1.54, 1.807) is 31.2 Å². The third kappa shape index (κ3) is 1.26. The van der Waals surface area contributed by atoms with Gasteiger partial charge in [-0.3, -0.25) is 9.59 Å². The molecule has 0 aliphatic heterocycles. The van der Waals surface area contributed by atoms with Crippen LogP contribution in [0.5, 0.6) is 0 Å². The van der Waals surface area contributed by atoms with Crippen LogP contribution in [0.25, 0.3) is 0 Å². The van der Waals surface area contributed by atoms with Crippen LogP contribution < -0.4 is 5.84 Å². The number of Topliss-reactive ketones (excluding diaryl/α,β-unsaturated/α-hetero) is 2. The zero-order chi connectivity index (χ0) is 11.0. The van der Waals surface area contributed by atoms with Crippen molar-refractivity contribution in [3.05, 3.63) is 35.4 Å². The summed E-state index contributed by atoms with van der Waals surface area (Å²) in [6, 6.07) is 6.78. The van der Waals surface area contributed by atoms with E-state index in [1.165, 1.54) is 0 Å².